The molecule has 0 radical (unpaired) electrons. The van der Waals surface area contributed by atoms with E-state index in [4.69, 9.17) is 0 Å². The molecule has 1 saturated heterocycles. The number of aliphatic hydroxyl groups is 1. The van der Waals surface area contributed by atoms with Crippen molar-refractivity contribution in [3.63, 3.8) is 0 Å². The second-order valence-electron chi connectivity index (χ2n) is 6.49. The molecule has 0 amide bonds. The Hall–Kier alpha value is -0.860. The molecule has 0 spiro atoms. The summed E-state index contributed by atoms with van der Waals surface area (Å²) in [7, 11) is 0. The van der Waals surface area contributed by atoms with Crippen LogP contribution in [0.25, 0.3) is 0 Å². The fourth-order valence-corrected chi connectivity index (χ4v) is 3.03. The highest BCUT2D eigenvalue weighted by atomic mass is 16.3. The van der Waals surface area contributed by atoms with Gasteiger partial charge in [0.25, 0.3) is 0 Å². The van der Waals surface area contributed by atoms with E-state index in [1.54, 1.807) is 0 Å². The van der Waals surface area contributed by atoms with Crippen molar-refractivity contribution in [3.05, 3.63) is 35.4 Å². The Kier molecular flexibility index (Phi) is 5.62. The highest BCUT2D eigenvalue weighted by Gasteiger charge is 2.20. The molecule has 1 atom stereocenters. The molecule has 0 bridgehead atoms. The number of β-amino-alcohol motifs (C(OH)–C–C–N with tert-alkyl or cyclic N) is 1. The van der Waals surface area contributed by atoms with E-state index in [1.807, 2.05) is 0 Å². The first-order chi connectivity index (χ1) is 9.60. The van der Waals surface area contributed by atoms with Crippen molar-refractivity contribution in [3.8, 4) is 0 Å². The van der Waals surface area contributed by atoms with Gasteiger partial charge in [0, 0.05) is 6.54 Å². The molecule has 2 rings (SSSR count). The second-order valence-corrected chi connectivity index (χ2v) is 6.49. The van der Waals surface area contributed by atoms with Gasteiger partial charge in [0.05, 0.1) is 6.10 Å². The summed E-state index contributed by atoms with van der Waals surface area (Å²) in [4.78, 5) is 2.41. The molecule has 0 saturated carbocycles. The zero-order valence-corrected chi connectivity index (χ0v) is 13.2. The highest BCUT2D eigenvalue weighted by Crippen LogP contribution is 2.23. The van der Waals surface area contributed by atoms with E-state index in [1.165, 1.54) is 24.8 Å². The van der Waals surface area contributed by atoms with Gasteiger partial charge >= 0.3 is 0 Å². The Morgan fingerprint density at radius 3 is 2.15 bits per heavy atom. The fraction of sp³-hybridized carbons (Fsp3) is 0.667. The first-order valence-electron chi connectivity index (χ1n) is 8.10. The quantitative estimate of drug-likeness (QED) is 0.879. The van der Waals surface area contributed by atoms with Crippen molar-refractivity contribution in [1.29, 1.82) is 0 Å². The highest BCUT2D eigenvalue weighted by molar-refractivity contribution is 5.26. The van der Waals surface area contributed by atoms with Crippen LogP contribution in [0.2, 0.25) is 0 Å². The van der Waals surface area contributed by atoms with Gasteiger partial charge in [0.1, 0.15) is 0 Å². The predicted molar refractivity (Wildman–Crippen MR) is 84.9 cm³/mol. The molecule has 1 aromatic rings. The van der Waals surface area contributed by atoms with E-state index < -0.39 is 0 Å². The summed E-state index contributed by atoms with van der Waals surface area (Å²) in [5.41, 5.74) is 2.39. The lowest BCUT2D eigenvalue weighted by molar-refractivity contribution is 0.0887. The van der Waals surface area contributed by atoms with E-state index in [0.29, 0.717) is 5.92 Å². The molecule has 1 heterocycles. The number of aliphatic hydroxyl groups excluding tert-OH is 1. The second kappa shape index (κ2) is 7.24. The largest absolute Gasteiger partial charge is 0.387 e. The number of hydrogen-bond acceptors (Lipinski definition) is 2. The van der Waals surface area contributed by atoms with Crippen LogP contribution < -0.4 is 0 Å². The van der Waals surface area contributed by atoms with Gasteiger partial charge in [-0.15, -0.1) is 0 Å². The van der Waals surface area contributed by atoms with E-state index in [2.05, 4.69) is 49.9 Å². The van der Waals surface area contributed by atoms with Crippen molar-refractivity contribution < 1.29 is 5.11 Å². The van der Waals surface area contributed by atoms with Crippen LogP contribution in [0.1, 0.15) is 63.2 Å². The van der Waals surface area contributed by atoms with Crippen LogP contribution in [0.5, 0.6) is 0 Å². The summed E-state index contributed by atoms with van der Waals surface area (Å²) in [5.74, 6) is 1.45. The summed E-state index contributed by atoms with van der Waals surface area (Å²) in [6.45, 7) is 9.73. The molecule has 1 aliphatic rings. The molecular formula is C18H29NO. The van der Waals surface area contributed by atoms with Crippen LogP contribution in [0.4, 0.5) is 0 Å². The van der Waals surface area contributed by atoms with E-state index in [9.17, 15) is 5.11 Å². The van der Waals surface area contributed by atoms with Gasteiger partial charge in [-0.25, -0.2) is 0 Å². The smallest absolute Gasteiger partial charge is 0.0916 e. The average Bonchev–Trinajstić information content (AvgIpc) is 2.48. The monoisotopic (exact) mass is 275 g/mol. The number of rotatable bonds is 5. The fourth-order valence-electron chi connectivity index (χ4n) is 3.03. The Morgan fingerprint density at radius 1 is 1.10 bits per heavy atom. The summed E-state index contributed by atoms with van der Waals surface area (Å²) >= 11 is 0. The standard InChI is InChI=1S/C18H29NO/c1-4-15-9-11-19(12-10-15)13-18(20)17-7-5-16(6-8-17)14(2)3/h5-8,14-15,18,20H,4,9-13H2,1-3H3. The lowest BCUT2D eigenvalue weighted by Crippen LogP contribution is -2.36. The van der Waals surface area contributed by atoms with Gasteiger partial charge in [0.15, 0.2) is 0 Å². The Labute approximate surface area is 123 Å². The third kappa shape index (κ3) is 4.07. The molecule has 1 fully saturated rings. The lowest BCUT2D eigenvalue weighted by Gasteiger charge is -2.32. The van der Waals surface area contributed by atoms with Crippen molar-refractivity contribution in [2.24, 2.45) is 5.92 Å². The van der Waals surface area contributed by atoms with Crippen LogP contribution in [-0.2, 0) is 0 Å². The molecule has 0 aliphatic carbocycles. The minimum Gasteiger partial charge on any atom is -0.387 e. The number of hydrogen-bond donors (Lipinski definition) is 1. The molecule has 1 aromatic carbocycles. The molecule has 112 valence electrons. The van der Waals surface area contributed by atoms with Crippen molar-refractivity contribution >= 4 is 0 Å². The molecule has 2 nitrogen and oxygen atoms in total. The number of piperidine rings is 1. The van der Waals surface area contributed by atoms with Gasteiger partial charge < -0.3 is 10.0 Å². The predicted octanol–water partition coefficient (Wildman–Crippen LogP) is 3.97. The molecule has 0 aromatic heterocycles. The zero-order chi connectivity index (χ0) is 14.5. The van der Waals surface area contributed by atoms with E-state index in [-0.39, 0.29) is 6.10 Å². The normalized spacial score (nSPS) is 19.4. The number of benzene rings is 1. The molecule has 1 N–H and O–H groups in total. The molecule has 1 aliphatic heterocycles. The summed E-state index contributed by atoms with van der Waals surface area (Å²) in [6, 6.07) is 8.46. The Bertz CT molecular complexity index is 390. The van der Waals surface area contributed by atoms with Crippen LogP contribution in [0.3, 0.4) is 0 Å². The SMILES string of the molecule is CCC1CCN(CC(O)c2ccc(C(C)C)cc2)CC1. The van der Waals surface area contributed by atoms with Crippen molar-refractivity contribution in [2.75, 3.05) is 19.6 Å². The third-order valence-corrected chi connectivity index (χ3v) is 4.70. The first kappa shape index (κ1) is 15.5. The summed E-state index contributed by atoms with van der Waals surface area (Å²) in [5, 5.41) is 10.4. The molecule has 20 heavy (non-hydrogen) atoms. The number of nitrogens with zero attached hydrogens (tertiary/aromatic N) is 1. The molecule has 1 unspecified atom stereocenters. The van der Waals surface area contributed by atoms with E-state index >= 15 is 0 Å². The van der Waals surface area contributed by atoms with Crippen molar-refractivity contribution in [1.82, 2.24) is 4.90 Å². The average molecular weight is 275 g/mol. The maximum Gasteiger partial charge on any atom is 0.0916 e. The summed E-state index contributed by atoms with van der Waals surface area (Å²) < 4.78 is 0. The Balaban J connectivity index is 1.87. The molecular weight excluding hydrogens is 246 g/mol. The van der Waals surface area contributed by atoms with Gasteiger partial charge in [-0.05, 0) is 48.9 Å². The van der Waals surface area contributed by atoms with Crippen LogP contribution in [0.15, 0.2) is 24.3 Å². The van der Waals surface area contributed by atoms with Gasteiger partial charge in [-0.1, -0.05) is 51.5 Å². The van der Waals surface area contributed by atoms with Crippen LogP contribution in [-0.4, -0.2) is 29.6 Å². The summed E-state index contributed by atoms with van der Waals surface area (Å²) in [6.07, 6.45) is 3.52. The van der Waals surface area contributed by atoms with E-state index in [0.717, 1.165) is 31.1 Å². The van der Waals surface area contributed by atoms with Crippen LogP contribution >= 0.6 is 0 Å². The number of likely N-dealkylation sites (tertiary alicyclic amines) is 1. The minimum atomic E-state index is -0.352. The van der Waals surface area contributed by atoms with Crippen LogP contribution in [0, 0.1) is 5.92 Å². The van der Waals surface area contributed by atoms with Gasteiger partial charge in [-0.2, -0.15) is 0 Å². The lowest BCUT2D eigenvalue weighted by atomic mass is 9.94. The zero-order valence-electron chi connectivity index (χ0n) is 13.2. The Morgan fingerprint density at radius 2 is 1.65 bits per heavy atom. The third-order valence-electron chi connectivity index (χ3n) is 4.70. The maximum atomic E-state index is 10.4. The van der Waals surface area contributed by atoms with Gasteiger partial charge in [-0.3, -0.25) is 0 Å². The van der Waals surface area contributed by atoms with Gasteiger partial charge in [0.2, 0.25) is 0 Å². The minimum absolute atomic E-state index is 0.352. The first-order valence-corrected chi connectivity index (χ1v) is 8.10. The molecule has 2 heteroatoms. The topological polar surface area (TPSA) is 23.5 Å². The van der Waals surface area contributed by atoms with Crippen molar-refractivity contribution in [2.45, 2.75) is 52.1 Å². The maximum absolute atomic E-state index is 10.4.